The van der Waals surface area contributed by atoms with Crippen LogP contribution in [0.2, 0.25) is 0 Å². The van der Waals surface area contributed by atoms with E-state index in [1.165, 1.54) is 6.92 Å². The molecule has 0 bridgehead atoms. The van der Waals surface area contributed by atoms with Crippen LogP contribution in [0.5, 0.6) is 0 Å². The Balaban J connectivity index is 3.73. The molecule has 17 heavy (non-hydrogen) atoms. The predicted octanol–water partition coefficient (Wildman–Crippen LogP) is 2.09. The van der Waals surface area contributed by atoms with E-state index in [4.69, 9.17) is 4.74 Å². The normalized spacial score (nSPS) is 16.9. The molecule has 0 aromatic rings. The van der Waals surface area contributed by atoms with Crippen molar-refractivity contribution in [2.75, 3.05) is 13.2 Å². The number of aliphatic hydroxyl groups is 1. The highest BCUT2D eigenvalue weighted by Crippen LogP contribution is 2.21. The summed E-state index contributed by atoms with van der Waals surface area (Å²) >= 11 is 0. The van der Waals surface area contributed by atoms with E-state index in [0.717, 1.165) is 0 Å². The van der Waals surface area contributed by atoms with Crippen LogP contribution in [0.1, 0.15) is 34.1 Å². The quantitative estimate of drug-likeness (QED) is 0.765. The van der Waals surface area contributed by atoms with Crippen molar-refractivity contribution in [2.24, 2.45) is 0 Å². The van der Waals surface area contributed by atoms with Gasteiger partial charge in [0.25, 0.3) is 0 Å². The van der Waals surface area contributed by atoms with E-state index in [0.29, 0.717) is 0 Å². The van der Waals surface area contributed by atoms with Gasteiger partial charge in [-0.2, -0.15) is 13.2 Å². The van der Waals surface area contributed by atoms with E-state index in [1.807, 2.05) is 20.8 Å². The summed E-state index contributed by atoms with van der Waals surface area (Å²) in [6.07, 6.45) is -5.89. The van der Waals surface area contributed by atoms with Gasteiger partial charge < -0.3 is 15.2 Å². The fourth-order valence-corrected chi connectivity index (χ4v) is 1.16. The lowest BCUT2D eigenvalue weighted by Crippen LogP contribution is -2.39. The second-order valence-corrected chi connectivity index (χ2v) is 5.21. The zero-order valence-electron chi connectivity index (χ0n) is 10.8. The number of alkyl halides is 3. The molecule has 3 nitrogen and oxygen atoms in total. The van der Waals surface area contributed by atoms with Crippen LogP contribution in [0.25, 0.3) is 0 Å². The minimum Gasteiger partial charge on any atom is -0.389 e. The van der Waals surface area contributed by atoms with E-state index in [9.17, 15) is 18.3 Å². The minimum absolute atomic E-state index is 0.0906. The van der Waals surface area contributed by atoms with E-state index in [-0.39, 0.29) is 18.8 Å². The van der Waals surface area contributed by atoms with Gasteiger partial charge in [0, 0.05) is 12.6 Å². The van der Waals surface area contributed by atoms with Gasteiger partial charge in [0.2, 0.25) is 0 Å². The van der Waals surface area contributed by atoms with Gasteiger partial charge in [0.05, 0.1) is 24.7 Å². The smallest absolute Gasteiger partial charge is 0.389 e. The first-order valence-corrected chi connectivity index (χ1v) is 5.62. The summed E-state index contributed by atoms with van der Waals surface area (Å²) in [4.78, 5) is 0. The molecule has 0 fully saturated rings. The highest BCUT2D eigenvalue weighted by molar-refractivity contribution is 4.69. The van der Waals surface area contributed by atoms with Crippen LogP contribution >= 0.6 is 0 Å². The Morgan fingerprint density at radius 2 is 1.76 bits per heavy atom. The highest BCUT2D eigenvalue weighted by Gasteiger charge is 2.29. The van der Waals surface area contributed by atoms with Crippen molar-refractivity contribution < 1.29 is 23.0 Å². The molecule has 0 heterocycles. The number of ether oxygens (including phenoxy) is 1. The number of rotatable bonds is 6. The van der Waals surface area contributed by atoms with Gasteiger partial charge in [-0.15, -0.1) is 0 Å². The molecule has 0 amide bonds. The van der Waals surface area contributed by atoms with Crippen molar-refractivity contribution in [3.05, 3.63) is 0 Å². The van der Waals surface area contributed by atoms with Gasteiger partial charge >= 0.3 is 6.18 Å². The van der Waals surface area contributed by atoms with E-state index >= 15 is 0 Å². The van der Waals surface area contributed by atoms with Crippen LogP contribution in [0.15, 0.2) is 0 Å². The average molecular weight is 257 g/mol. The van der Waals surface area contributed by atoms with Gasteiger partial charge in [0.15, 0.2) is 0 Å². The number of nitrogens with one attached hydrogen (secondary N) is 1. The van der Waals surface area contributed by atoms with Gasteiger partial charge in [-0.05, 0) is 27.7 Å². The lowest BCUT2D eigenvalue weighted by Gasteiger charge is -2.23. The van der Waals surface area contributed by atoms with Crippen molar-refractivity contribution in [1.82, 2.24) is 5.32 Å². The fourth-order valence-electron chi connectivity index (χ4n) is 1.16. The zero-order valence-corrected chi connectivity index (χ0v) is 10.8. The summed E-state index contributed by atoms with van der Waals surface area (Å²) < 4.78 is 41.3. The Kier molecular flexibility index (Phi) is 6.43. The van der Waals surface area contributed by atoms with Crippen molar-refractivity contribution in [3.63, 3.8) is 0 Å². The molecule has 0 aliphatic rings. The number of hydrogen-bond donors (Lipinski definition) is 2. The predicted molar refractivity (Wildman–Crippen MR) is 59.8 cm³/mol. The molecule has 0 aliphatic carbocycles. The van der Waals surface area contributed by atoms with E-state index < -0.39 is 24.7 Å². The molecule has 104 valence electrons. The summed E-state index contributed by atoms with van der Waals surface area (Å²) in [5.74, 6) is 0. The van der Waals surface area contributed by atoms with Gasteiger partial charge in [0.1, 0.15) is 0 Å². The van der Waals surface area contributed by atoms with Crippen LogP contribution in [0, 0.1) is 0 Å². The molecule has 0 saturated carbocycles. The maximum absolute atomic E-state index is 12.0. The maximum atomic E-state index is 12.0. The molecular weight excluding hydrogens is 235 g/mol. The van der Waals surface area contributed by atoms with Gasteiger partial charge in [-0.3, -0.25) is 0 Å². The molecule has 0 saturated heterocycles. The molecule has 0 radical (unpaired) electrons. The van der Waals surface area contributed by atoms with Crippen molar-refractivity contribution in [2.45, 2.75) is 58.0 Å². The summed E-state index contributed by atoms with van der Waals surface area (Å²) in [5, 5.41) is 12.1. The third-order valence-corrected chi connectivity index (χ3v) is 1.95. The topological polar surface area (TPSA) is 41.5 Å². The third kappa shape index (κ3) is 11.9. The maximum Gasteiger partial charge on any atom is 0.390 e. The highest BCUT2D eigenvalue weighted by atomic mass is 19.4. The first kappa shape index (κ1) is 16.7. The molecule has 0 rings (SSSR count). The SMILES string of the molecule is CC(CC(F)(F)F)NCC(O)COC(C)(C)C. The first-order chi connectivity index (χ1) is 7.49. The molecule has 2 unspecified atom stereocenters. The van der Waals surface area contributed by atoms with Crippen molar-refractivity contribution >= 4 is 0 Å². The van der Waals surface area contributed by atoms with Gasteiger partial charge in [-0.25, -0.2) is 0 Å². The lowest BCUT2D eigenvalue weighted by molar-refractivity contribution is -0.139. The third-order valence-electron chi connectivity index (χ3n) is 1.95. The van der Waals surface area contributed by atoms with Crippen LogP contribution < -0.4 is 5.32 Å². The summed E-state index contributed by atoms with van der Waals surface area (Å²) in [7, 11) is 0. The Morgan fingerprint density at radius 1 is 1.24 bits per heavy atom. The molecule has 2 N–H and O–H groups in total. The van der Waals surface area contributed by atoms with Crippen LogP contribution in [-0.2, 0) is 4.74 Å². The second kappa shape index (κ2) is 6.56. The van der Waals surface area contributed by atoms with Crippen LogP contribution in [0.4, 0.5) is 13.2 Å². The van der Waals surface area contributed by atoms with E-state index in [2.05, 4.69) is 5.32 Å². The molecular formula is C11H22F3NO2. The van der Waals surface area contributed by atoms with Gasteiger partial charge in [-0.1, -0.05) is 0 Å². The number of aliphatic hydroxyl groups excluding tert-OH is 1. The largest absolute Gasteiger partial charge is 0.390 e. The van der Waals surface area contributed by atoms with Crippen LogP contribution in [-0.4, -0.2) is 42.2 Å². The van der Waals surface area contributed by atoms with Crippen molar-refractivity contribution in [1.29, 1.82) is 0 Å². The fraction of sp³-hybridized carbons (Fsp3) is 1.00. The van der Waals surface area contributed by atoms with Crippen LogP contribution in [0.3, 0.4) is 0 Å². The Bertz CT molecular complexity index is 214. The standard InChI is InChI=1S/C11H22F3NO2/c1-8(5-11(12,13)14)15-6-9(16)7-17-10(2,3)4/h8-9,15-16H,5-7H2,1-4H3. The Morgan fingerprint density at radius 3 is 2.18 bits per heavy atom. The van der Waals surface area contributed by atoms with Crippen molar-refractivity contribution in [3.8, 4) is 0 Å². The Hall–Kier alpha value is -0.330. The zero-order chi connectivity index (χ0) is 13.7. The summed E-state index contributed by atoms with van der Waals surface area (Å²) in [6.45, 7) is 7.17. The summed E-state index contributed by atoms with van der Waals surface area (Å²) in [5.41, 5.74) is -0.363. The lowest BCUT2D eigenvalue weighted by atomic mass is 10.2. The molecule has 0 spiro atoms. The number of hydrogen-bond acceptors (Lipinski definition) is 3. The molecule has 0 aromatic carbocycles. The first-order valence-electron chi connectivity index (χ1n) is 5.62. The second-order valence-electron chi connectivity index (χ2n) is 5.21. The number of halogens is 3. The minimum atomic E-state index is -4.18. The summed E-state index contributed by atoms with van der Waals surface area (Å²) in [6, 6.07) is -0.709. The molecule has 0 aliphatic heterocycles. The molecule has 6 heteroatoms. The Labute approximate surface area is 100 Å². The molecule has 2 atom stereocenters. The molecule has 0 aromatic heterocycles. The monoisotopic (exact) mass is 257 g/mol. The van der Waals surface area contributed by atoms with E-state index in [1.54, 1.807) is 0 Å². The average Bonchev–Trinajstić information content (AvgIpc) is 2.07.